The second-order valence-electron chi connectivity index (χ2n) is 2.60. The maximum absolute atomic E-state index is 8.74. The first-order valence-corrected chi connectivity index (χ1v) is 5.36. The highest BCUT2D eigenvalue weighted by Gasteiger charge is 1.99. The Bertz CT molecular complexity index is 230. The molecule has 0 bridgehead atoms. The summed E-state index contributed by atoms with van der Waals surface area (Å²) in [6.07, 6.45) is 5.81. The zero-order valence-electron chi connectivity index (χ0n) is 7.96. The third kappa shape index (κ3) is 22.5. The SMILES string of the molecule is C=CCC(CN)CC=C.O=S(=O)(O)O. The molecule has 0 amide bonds. The summed E-state index contributed by atoms with van der Waals surface area (Å²) in [6.45, 7) is 8.02. The van der Waals surface area contributed by atoms with E-state index in [1.807, 2.05) is 12.2 Å². The van der Waals surface area contributed by atoms with E-state index in [4.69, 9.17) is 23.3 Å². The predicted octanol–water partition coefficient (Wildman–Crippen LogP) is 1.06. The maximum atomic E-state index is 8.74. The van der Waals surface area contributed by atoms with Gasteiger partial charge in [0.15, 0.2) is 0 Å². The van der Waals surface area contributed by atoms with E-state index in [-0.39, 0.29) is 0 Å². The fourth-order valence-corrected chi connectivity index (χ4v) is 0.760. The summed E-state index contributed by atoms with van der Waals surface area (Å²) >= 11 is 0. The molecular formula is C8H17NO4S. The van der Waals surface area contributed by atoms with Crippen LogP contribution in [0.4, 0.5) is 0 Å². The minimum Gasteiger partial charge on any atom is -0.330 e. The average Bonchev–Trinajstić information content (AvgIpc) is 2.01. The molecule has 0 aromatic carbocycles. The van der Waals surface area contributed by atoms with Crippen LogP contribution in [0.5, 0.6) is 0 Å². The van der Waals surface area contributed by atoms with E-state index in [0.29, 0.717) is 5.92 Å². The number of nitrogens with two attached hydrogens (primary N) is 1. The van der Waals surface area contributed by atoms with Crippen LogP contribution < -0.4 is 5.73 Å². The van der Waals surface area contributed by atoms with E-state index in [2.05, 4.69) is 13.2 Å². The van der Waals surface area contributed by atoms with Crippen LogP contribution in [0.25, 0.3) is 0 Å². The van der Waals surface area contributed by atoms with Crippen molar-refractivity contribution in [1.29, 1.82) is 0 Å². The van der Waals surface area contributed by atoms with Gasteiger partial charge in [0.1, 0.15) is 0 Å². The molecule has 0 aliphatic rings. The number of hydrogen-bond acceptors (Lipinski definition) is 3. The van der Waals surface area contributed by atoms with Gasteiger partial charge in [-0.1, -0.05) is 12.2 Å². The Morgan fingerprint density at radius 3 is 1.64 bits per heavy atom. The van der Waals surface area contributed by atoms with E-state index >= 15 is 0 Å². The quantitative estimate of drug-likeness (QED) is 0.478. The molecule has 0 aromatic rings. The molecule has 0 saturated carbocycles. The Morgan fingerprint density at radius 1 is 1.21 bits per heavy atom. The van der Waals surface area contributed by atoms with Gasteiger partial charge in [0.25, 0.3) is 0 Å². The Labute approximate surface area is 84.9 Å². The van der Waals surface area contributed by atoms with Gasteiger partial charge in [-0.15, -0.1) is 13.2 Å². The summed E-state index contributed by atoms with van der Waals surface area (Å²) < 4.78 is 31.6. The second-order valence-corrected chi connectivity index (χ2v) is 3.49. The van der Waals surface area contributed by atoms with Crippen molar-refractivity contribution in [2.75, 3.05) is 6.54 Å². The number of allylic oxidation sites excluding steroid dienone is 2. The van der Waals surface area contributed by atoms with Gasteiger partial charge in [-0.2, -0.15) is 8.42 Å². The third-order valence-corrected chi connectivity index (χ3v) is 1.33. The summed E-state index contributed by atoms with van der Waals surface area (Å²) in [6, 6.07) is 0. The van der Waals surface area contributed by atoms with E-state index < -0.39 is 10.4 Å². The molecule has 5 nitrogen and oxygen atoms in total. The molecule has 14 heavy (non-hydrogen) atoms. The zero-order valence-corrected chi connectivity index (χ0v) is 8.78. The molecule has 84 valence electrons. The van der Waals surface area contributed by atoms with Crippen molar-refractivity contribution in [3.05, 3.63) is 25.3 Å². The van der Waals surface area contributed by atoms with E-state index in [1.165, 1.54) is 0 Å². The standard InChI is InChI=1S/C8H15N.H2O4S/c1-3-5-8(7-9)6-4-2;1-5(2,3)4/h3-4,8H,1-2,5-7,9H2;(H2,1,2,3,4). The zero-order chi connectivity index (χ0) is 11.6. The Hall–Kier alpha value is -0.690. The molecule has 0 aromatic heterocycles. The molecule has 0 atom stereocenters. The first-order chi connectivity index (χ1) is 6.35. The highest BCUT2D eigenvalue weighted by molar-refractivity contribution is 7.79. The van der Waals surface area contributed by atoms with Gasteiger partial charge in [0.05, 0.1) is 0 Å². The van der Waals surface area contributed by atoms with Crippen LogP contribution in [0.1, 0.15) is 12.8 Å². The molecule has 0 unspecified atom stereocenters. The third-order valence-electron chi connectivity index (χ3n) is 1.33. The van der Waals surface area contributed by atoms with Gasteiger partial charge in [0, 0.05) is 0 Å². The summed E-state index contributed by atoms with van der Waals surface area (Å²) in [4.78, 5) is 0. The Morgan fingerprint density at radius 2 is 1.50 bits per heavy atom. The normalized spacial score (nSPS) is 10.3. The number of rotatable bonds is 5. The fraction of sp³-hybridized carbons (Fsp3) is 0.500. The lowest BCUT2D eigenvalue weighted by atomic mass is 10.0. The Balaban J connectivity index is 0. The van der Waals surface area contributed by atoms with Crippen molar-refractivity contribution < 1.29 is 17.5 Å². The molecule has 0 radical (unpaired) electrons. The topological polar surface area (TPSA) is 101 Å². The molecule has 0 aliphatic carbocycles. The van der Waals surface area contributed by atoms with Crippen LogP contribution in [-0.4, -0.2) is 24.1 Å². The fourth-order valence-electron chi connectivity index (χ4n) is 0.760. The molecular weight excluding hydrogens is 206 g/mol. The van der Waals surface area contributed by atoms with Crippen molar-refractivity contribution in [2.24, 2.45) is 11.7 Å². The van der Waals surface area contributed by atoms with Gasteiger partial charge < -0.3 is 5.73 Å². The minimum atomic E-state index is -4.67. The molecule has 0 heterocycles. The monoisotopic (exact) mass is 223 g/mol. The molecule has 6 heteroatoms. The van der Waals surface area contributed by atoms with E-state index in [1.54, 1.807) is 0 Å². The maximum Gasteiger partial charge on any atom is 0.394 e. The lowest BCUT2D eigenvalue weighted by Crippen LogP contribution is -2.12. The minimum absolute atomic E-state index is 0.556. The first-order valence-electron chi connectivity index (χ1n) is 3.96. The van der Waals surface area contributed by atoms with Crippen LogP contribution >= 0.6 is 0 Å². The lowest BCUT2D eigenvalue weighted by Gasteiger charge is -2.07. The van der Waals surface area contributed by atoms with Gasteiger partial charge >= 0.3 is 10.4 Å². The van der Waals surface area contributed by atoms with Crippen LogP contribution in [-0.2, 0) is 10.4 Å². The number of hydrogen-bond donors (Lipinski definition) is 3. The predicted molar refractivity (Wildman–Crippen MR) is 56.3 cm³/mol. The largest absolute Gasteiger partial charge is 0.394 e. The van der Waals surface area contributed by atoms with Crippen LogP contribution in [0.15, 0.2) is 25.3 Å². The summed E-state index contributed by atoms with van der Waals surface area (Å²) in [7, 11) is -4.67. The van der Waals surface area contributed by atoms with Gasteiger partial charge in [-0.3, -0.25) is 9.11 Å². The van der Waals surface area contributed by atoms with Crippen molar-refractivity contribution in [2.45, 2.75) is 12.8 Å². The molecule has 0 rings (SSSR count). The van der Waals surface area contributed by atoms with Gasteiger partial charge in [0.2, 0.25) is 0 Å². The first kappa shape index (κ1) is 15.8. The second kappa shape index (κ2) is 8.89. The lowest BCUT2D eigenvalue weighted by molar-refractivity contribution is 0.381. The Kier molecular flexibility index (Phi) is 10.0. The average molecular weight is 223 g/mol. The van der Waals surface area contributed by atoms with E-state index in [0.717, 1.165) is 19.4 Å². The molecule has 0 spiro atoms. The summed E-state index contributed by atoms with van der Waals surface area (Å²) in [5, 5.41) is 0. The summed E-state index contributed by atoms with van der Waals surface area (Å²) in [5.74, 6) is 0.556. The molecule has 0 fully saturated rings. The van der Waals surface area contributed by atoms with E-state index in [9.17, 15) is 0 Å². The van der Waals surface area contributed by atoms with Crippen LogP contribution in [0.3, 0.4) is 0 Å². The van der Waals surface area contributed by atoms with Crippen LogP contribution in [0, 0.1) is 5.92 Å². The molecule has 4 N–H and O–H groups in total. The highest BCUT2D eigenvalue weighted by atomic mass is 32.3. The van der Waals surface area contributed by atoms with Crippen molar-refractivity contribution in [3.63, 3.8) is 0 Å². The van der Waals surface area contributed by atoms with Crippen molar-refractivity contribution >= 4 is 10.4 Å². The molecule has 0 aliphatic heterocycles. The van der Waals surface area contributed by atoms with Crippen LogP contribution in [0.2, 0.25) is 0 Å². The van der Waals surface area contributed by atoms with Crippen molar-refractivity contribution in [3.8, 4) is 0 Å². The summed E-state index contributed by atoms with van der Waals surface area (Å²) in [5.41, 5.74) is 5.45. The van der Waals surface area contributed by atoms with Gasteiger partial charge in [-0.25, -0.2) is 0 Å². The van der Waals surface area contributed by atoms with Crippen molar-refractivity contribution in [1.82, 2.24) is 0 Å². The smallest absolute Gasteiger partial charge is 0.330 e. The highest BCUT2D eigenvalue weighted by Crippen LogP contribution is 2.06. The van der Waals surface area contributed by atoms with Gasteiger partial charge in [-0.05, 0) is 25.3 Å². The molecule has 0 saturated heterocycles.